The Morgan fingerprint density at radius 3 is 2.86 bits per heavy atom. The molecule has 0 spiro atoms. The normalized spacial score (nSPS) is 29.4. The Balaban J connectivity index is 1.81. The smallest absolute Gasteiger partial charge is 0.327 e. The number of carbonyl (C=O) groups is 2. The Kier molecular flexibility index (Phi) is 6.17. The monoisotopic (exact) mass is 316 g/mol. The molecule has 21 heavy (non-hydrogen) atoms. The van der Waals surface area contributed by atoms with Crippen molar-refractivity contribution in [1.82, 2.24) is 10.2 Å². The molecule has 0 radical (unpaired) electrons. The van der Waals surface area contributed by atoms with Gasteiger partial charge in [0.1, 0.15) is 6.04 Å². The number of aliphatic carboxylic acids is 1. The Morgan fingerprint density at radius 1 is 1.43 bits per heavy atom. The first kappa shape index (κ1) is 16.4. The number of thioether (sulfide) groups is 1. The minimum Gasteiger partial charge on any atom is -0.480 e. The van der Waals surface area contributed by atoms with Gasteiger partial charge in [-0.15, -0.1) is 11.8 Å². The third kappa shape index (κ3) is 4.26. The molecule has 0 aromatic rings. The summed E-state index contributed by atoms with van der Waals surface area (Å²) >= 11 is 1.54. The number of rotatable bonds is 5. The van der Waals surface area contributed by atoms with Crippen molar-refractivity contribution in [2.45, 2.75) is 56.5 Å². The number of carbonyl (C=O) groups excluding carboxylic acids is 1. The topological polar surface area (TPSA) is 78.9 Å². The van der Waals surface area contributed by atoms with E-state index in [1.807, 2.05) is 6.92 Å². The van der Waals surface area contributed by atoms with Crippen molar-refractivity contribution in [2.24, 2.45) is 0 Å². The number of carboxylic acid groups (broad SMARTS) is 1. The maximum Gasteiger partial charge on any atom is 0.327 e. The zero-order valence-electron chi connectivity index (χ0n) is 12.4. The highest BCUT2D eigenvalue weighted by Crippen LogP contribution is 2.31. The van der Waals surface area contributed by atoms with Gasteiger partial charge in [0, 0.05) is 18.9 Å². The fourth-order valence-electron chi connectivity index (χ4n) is 2.81. The lowest BCUT2D eigenvalue weighted by molar-refractivity contribution is -0.141. The largest absolute Gasteiger partial charge is 0.480 e. The fourth-order valence-corrected chi connectivity index (χ4v) is 4.15. The summed E-state index contributed by atoms with van der Waals surface area (Å²) in [7, 11) is 0. The lowest BCUT2D eigenvalue weighted by atomic mass is 10.1. The van der Waals surface area contributed by atoms with Crippen LogP contribution in [-0.4, -0.2) is 58.4 Å². The van der Waals surface area contributed by atoms with Gasteiger partial charge in [0.25, 0.3) is 0 Å². The molecular formula is C14H24N2O4S. The summed E-state index contributed by atoms with van der Waals surface area (Å²) in [4.78, 5) is 25.0. The average Bonchev–Trinajstić information content (AvgIpc) is 2.92. The van der Waals surface area contributed by atoms with Crippen LogP contribution in [0.1, 0.15) is 39.0 Å². The summed E-state index contributed by atoms with van der Waals surface area (Å²) in [6.07, 6.45) is 5.12. The van der Waals surface area contributed by atoms with E-state index in [0.717, 1.165) is 32.3 Å². The Bertz CT molecular complexity index is 374. The lowest BCUT2D eigenvalue weighted by Crippen LogP contribution is -2.50. The van der Waals surface area contributed by atoms with Gasteiger partial charge in [-0.1, -0.05) is 6.92 Å². The van der Waals surface area contributed by atoms with Crippen molar-refractivity contribution in [1.29, 1.82) is 0 Å². The van der Waals surface area contributed by atoms with Crippen LogP contribution in [0.4, 0.5) is 4.79 Å². The lowest BCUT2D eigenvalue weighted by Gasteiger charge is -2.27. The van der Waals surface area contributed by atoms with E-state index < -0.39 is 12.0 Å². The average molecular weight is 316 g/mol. The maximum absolute atomic E-state index is 12.3. The summed E-state index contributed by atoms with van der Waals surface area (Å²) in [5.41, 5.74) is 0. The highest BCUT2D eigenvalue weighted by molar-refractivity contribution is 8.00. The van der Waals surface area contributed by atoms with E-state index in [1.165, 1.54) is 23.1 Å². The Morgan fingerprint density at radius 2 is 2.24 bits per heavy atom. The van der Waals surface area contributed by atoms with Gasteiger partial charge in [-0.05, 0) is 32.1 Å². The molecular weight excluding hydrogens is 292 g/mol. The molecule has 0 aliphatic carbocycles. The van der Waals surface area contributed by atoms with Crippen LogP contribution in [-0.2, 0) is 9.53 Å². The summed E-state index contributed by atoms with van der Waals surface area (Å²) in [6.45, 7) is 3.31. The molecule has 0 aromatic heterocycles. The van der Waals surface area contributed by atoms with Gasteiger partial charge >= 0.3 is 12.0 Å². The van der Waals surface area contributed by atoms with Crippen LogP contribution < -0.4 is 5.32 Å². The first-order chi connectivity index (χ1) is 10.1. The maximum atomic E-state index is 12.3. The molecule has 0 bridgehead atoms. The molecule has 2 aliphatic heterocycles. The van der Waals surface area contributed by atoms with Crippen LogP contribution >= 0.6 is 11.8 Å². The summed E-state index contributed by atoms with van der Waals surface area (Å²) in [6, 6.07) is -0.985. The molecule has 120 valence electrons. The SMILES string of the molecule is CCC1SCC(C(=O)O)N1C(=O)NCCC1CCCCO1. The zero-order valence-corrected chi connectivity index (χ0v) is 13.2. The highest BCUT2D eigenvalue weighted by Gasteiger charge is 2.40. The number of nitrogens with one attached hydrogen (secondary N) is 1. The van der Waals surface area contributed by atoms with Crippen molar-refractivity contribution < 1.29 is 19.4 Å². The minimum atomic E-state index is -0.927. The Hall–Kier alpha value is -0.950. The molecule has 3 unspecified atom stereocenters. The second-order valence-electron chi connectivity index (χ2n) is 5.47. The number of nitrogens with zero attached hydrogens (tertiary/aromatic N) is 1. The quantitative estimate of drug-likeness (QED) is 0.810. The fraction of sp³-hybridized carbons (Fsp3) is 0.857. The molecule has 7 heteroatoms. The molecule has 2 saturated heterocycles. The first-order valence-electron chi connectivity index (χ1n) is 7.65. The molecule has 3 atom stereocenters. The third-order valence-corrected chi connectivity index (χ3v) is 5.43. The number of urea groups is 1. The van der Waals surface area contributed by atoms with Gasteiger partial charge in [-0.3, -0.25) is 4.90 Å². The molecule has 2 aliphatic rings. The van der Waals surface area contributed by atoms with E-state index in [1.54, 1.807) is 0 Å². The summed E-state index contributed by atoms with van der Waals surface area (Å²) < 4.78 is 5.62. The summed E-state index contributed by atoms with van der Waals surface area (Å²) in [5, 5.41) is 12.0. The van der Waals surface area contributed by atoms with Gasteiger partial charge < -0.3 is 15.2 Å². The van der Waals surface area contributed by atoms with Crippen LogP contribution in [0.2, 0.25) is 0 Å². The van der Waals surface area contributed by atoms with Gasteiger partial charge in [0.2, 0.25) is 0 Å². The van der Waals surface area contributed by atoms with Crippen LogP contribution in [0.15, 0.2) is 0 Å². The summed E-state index contributed by atoms with van der Waals surface area (Å²) in [5.74, 6) is -0.461. The molecule has 2 rings (SSSR count). The number of hydrogen-bond acceptors (Lipinski definition) is 4. The van der Waals surface area contributed by atoms with Crippen molar-refractivity contribution in [3.05, 3.63) is 0 Å². The minimum absolute atomic E-state index is 0.0444. The zero-order chi connectivity index (χ0) is 15.2. The van der Waals surface area contributed by atoms with Gasteiger partial charge in [-0.2, -0.15) is 0 Å². The second kappa shape index (κ2) is 7.89. The van der Waals surface area contributed by atoms with E-state index in [9.17, 15) is 14.7 Å². The van der Waals surface area contributed by atoms with E-state index in [0.29, 0.717) is 12.3 Å². The molecule has 0 aromatic carbocycles. The van der Waals surface area contributed by atoms with Crippen molar-refractivity contribution in [3.8, 4) is 0 Å². The van der Waals surface area contributed by atoms with Crippen molar-refractivity contribution in [3.63, 3.8) is 0 Å². The van der Waals surface area contributed by atoms with Crippen LogP contribution in [0.5, 0.6) is 0 Å². The molecule has 0 saturated carbocycles. The molecule has 2 fully saturated rings. The Labute approximate surface area is 129 Å². The number of amides is 2. The molecule has 2 heterocycles. The van der Waals surface area contributed by atoms with Crippen LogP contribution in [0.3, 0.4) is 0 Å². The van der Waals surface area contributed by atoms with Crippen LogP contribution in [0.25, 0.3) is 0 Å². The highest BCUT2D eigenvalue weighted by atomic mass is 32.2. The second-order valence-corrected chi connectivity index (χ2v) is 6.68. The van der Waals surface area contributed by atoms with E-state index in [2.05, 4.69) is 5.32 Å². The van der Waals surface area contributed by atoms with Gasteiger partial charge in [0.15, 0.2) is 0 Å². The standard InChI is InChI=1S/C14H24N2O4S/c1-2-12-16(11(9-21-12)13(17)18)14(19)15-7-6-10-5-3-4-8-20-10/h10-12H,2-9H2,1H3,(H,15,19)(H,17,18). The first-order valence-corrected chi connectivity index (χ1v) is 8.70. The third-order valence-electron chi connectivity index (χ3n) is 3.98. The molecule has 6 nitrogen and oxygen atoms in total. The van der Waals surface area contributed by atoms with E-state index >= 15 is 0 Å². The van der Waals surface area contributed by atoms with E-state index in [4.69, 9.17) is 4.74 Å². The molecule has 2 N–H and O–H groups in total. The number of hydrogen-bond donors (Lipinski definition) is 2. The van der Waals surface area contributed by atoms with Crippen molar-refractivity contribution in [2.75, 3.05) is 18.9 Å². The van der Waals surface area contributed by atoms with Crippen molar-refractivity contribution >= 4 is 23.8 Å². The predicted molar refractivity (Wildman–Crippen MR) is 81.4 cm³/mol. The van der Waals surface area contributed by atoms with Gasteiger partial charge in [-0.25, -0.2) is 9.59 Å². The predicted octanol–water partition coefficient (Wildman–Crippen LogP) is 1.89. The van der Waals surface area contributed by atoms with Gasteiger partial charge in [0.05, 0.1) is 11.5 Å². The number of carboxylic acids is 1. The van der Waals surface area contributed by atoms with E-state index in [-0.39, 0.29) is 17.5 Å². The number of ether oxygens (including phenoxy) is 1. The molecule has 2 amide bonds. The van der Waals surface area contributed by atoms with Crippen LogP contribution in [0, 0.1) is 0 Å².